The van der Waals surface area contributed by atoms with E-state index in [2.05, 4.69) is 56.4 Å². The van der Waals surface area contributed by atoms with Crippen LogP contribution in [0.1, 0.15) is 57.9 Å². The molecule has 1 aliphatic carbocycles. The van der Waals surface area contributed by atoms with Gasteiger partial charge in [0.1, 0.15) is 0 Å². The predicted molar refractivity (Wildman–Crippen MR) is 83.4 cm³/mol. The van der Waals surface area contributed by atoms with Crippen molar-refractivity contribution in [3.05, 3.63) is 35.9 Å². The smallest absolute Gasteiger partial charge is 0.00980 e. The normalized spacial score (nSPS) is 25.5. The van der Waals surface area contributed by atoms with E-state index in [4.69, 9.17) is 0 Å². The molecule has 0 radical (unpaired) electrons. The summed E-state index contributed by atoms with van der Waals surface area (Å²) in [5, 5.41) is 3.85. The molecule has 0 spiro atoms. The zero-order chi connectivity index (χ0) is 13.7. The number of hydrogen-bond donors (Lipinski definition) is 1. The molecule has 0 heterocycles. The van der Waals surface area contributed by atoms with Crippen LogP contribution in [-0.4, -0.2) is 12.6 Å². The van der Waals surface area contributed by atoms with Crippen molar-refractivity contribution in [2.75, 3.05) is 6.54 Å². The molecule has 0 aromatic heterocycles. The lowest BCUT2D eigenvalue weighted by Crippen LogP contribution is -2.42. The molecule has 1 fully saturated rings. The van der Waals surface area contributed by atoms with Crippen LogP contribution in [0.25, 0.3) is 0 Å². The highest BCUT2D eigenvalue weighted by molar-refractivity contribution is 5.19. The molecule has 1 N–H and O–H groups in total. The Morgan fingerprint density at radius 2 is 1.74 bits per heavy atom. The van der Waals surface area contributed by atoms with Gasteiger partial charge in [-0.1, -0.05) is 63.9 Å². The van der Waals surface area contributed by atoms with Crippen LogP contribution in [0.2, 0.25) is 0 Å². The van der Waals surface area contributed by atoms with Crippen molar-refractivity contribution >= 4 is 0 Å². The summed E-state index contributed by atoms with van der Waals surface area (Å²) in [6, 6.07) is 11.6. The molecule has 19 heavy (non-hydrogen) atoms. The maximum absolute atomic E-state index is 3.85. The van der Waals surface area contributed by atoms with E-state index in [1.54, 1.807) is 0 Å². The lowest BCUT2D eigenvalue weighted by Gasteiger charge is -2.35. The molecule has 1 aliphatic rings. The molecule has 106 valence electrons. The number of hydrogen-bond acceptors (Lipinski definition) is 1. The van der Waals surface area contributed by atoms with Crippen molar-refractivity contribution in [3.63, 3.8) is 0 Å². The largest absolute Gasteiger partial charge is 0.313 e. The van der Waals surface area contributed by atoms with Crippen LogP contribution in [0.15, 0.2) is 30.3 Å². The molecule has 3 atom stereocenters. The van der Waals surface area contributed by atoms with Gasteiger partial charge in [-0.3, -0.25) is 0 Å². The van der Waals surface area contributed by atoms with Gasteiger partial charge >= 0.3 is 0 Å². The topological polar surface area (TPSA) is 12.0 Å². The van der Waals surface area contributed by atoms with Crippen LogP contribution < -0.4 is 5.32 Å². The minimum Gasteiger partial charge on any atom is -0.313 e. The van der Waals surface area contributed by atoms with Crippen molar-refractivity contribution < 1.29 is 0 Å². The molecule has 1 aromatic carbocycles. The van der Waals surface area contributed by atoms with E-state index in [-0.39, 0.29) is 0 Å². The summed E-state index contributed by atoms with van der Waals surface area (Å²) in [6.45, 7) is 8.20. The van der Waals surface area contributed by atoms with Crippen LogP contribution in [-0.2, 0) is 0 Å². The van der Waals surface area contributed by atoms with Gasteiger partial charge in [0.15, 0.2) is 0 Å². The van der Waals surface area contributed by atoms with Crippen LogP contribution >= 0.6 is 0 Å². The van der Waals surface area contributed by atoms with Crippen molar-refractivity contribution in [3.8, 4) is 0 Å². The van der Waals surface area contributed by atoms with Crippen LogP contribution in [0.5, 0.6) is 0 Å². The van der Waals surface area contributed by atoms with E-state index < -0.39 is 0 Å². The van der Waals surface area contributed by atoms with E-state index in [1.165, 1.54) is 31.2 Å². The minimum absolute atomic E-state index is 0.607. The van der Waals surface area contributed by atoms with E-state index >= 15 is 0 Å². The molecule has 1 heteroatoms. The standard InChI is InChI=1S/C18H29N/c1-14(2)17-11-7-8-12-18(17)19-13-15(3)16-9-5-4-6-10-16/h4-6,9-10,14-15,17-19H,7-8,11-13H2,1-3H3. The summed E-state index contributed by atoms with van der Waals surface area (Å²) in [4.78, 5) is 0. The average Bonchev–Trinajstić information content (AvgIpc) is 2.46. The SMILES string of the molecule is CC(CNC1CCCCC1C(C)C)c1ccccc1. The van der Waals surface area contributed by atoms with E-state index in [0.29, 0.717) is 5.92 Å². The zero-order valence-corrected chi connectivity index (χ0v) is 12.7. The third kappa shape index (κ3) is 4.07. The average molecular weight is 259 g/mol. The first-order chi connectivity index (χ1) is 9.18. The van der Waals surface area contributed by atoms with Crippen LogP contribution in [0, 0.1) is 11.8 Å². The van der Waals surface area contributed by atoms with Crippen LogP contribution in [0.3, 0.4) is 0 Å². The fourth-order valence-electron chi connectivity index (χ4n) is 3.44. The molecular formula is C18H29N. The quantitative estimate of drug-likeness (QED) is 0.815. The van der Waals surface area contributed by atoms with Crippen molar-refractivity contribution in [1.29, 1.82) is 0 Å². The molecule has 0 bridgehead atoms. The second-order valence-corrected chi connectivity index (χ2v) is 6.52. The Morgan fingerprint density at radius 3 is 2.42 bits per heavy atom. The lowest BCUT2D eigenvalue weighted by atomic mass is 9.77. The maximum atomic E-state index is 3.85. The zero-order valence-electron chi connectivity index (χ0n) is 12.7. The van der Waals surface area contributed by atoms with Gasteiger partial charge in [-0.25, -0.2) is 0 Å². The highest BCUT2D eigenvalue weighted by Gasteiger charge is 2.27. The first-order valence-electron chi connectivity index (χ1n) is 7.97. The maximum Gasteiger partial charge on any atom is 0.00980 e. The van der Waals surface area contributed by atoms with E-state index in [9.17, 15) is 0 Å². The minimum atomic E-state index is 0.607. The second kappa shape index (κ2) is 7.09. The Morgan fingerprint density at radius 1 is 1.05 bits per heavy atom. The summed E-state index contributed by atoms with van der Waals surface area (Å²) in [6.07, 6.45) is 5.61. The Balaban J connectivity index is 1.87. The predicted octanol–water partition coefficient (Wildman–Crippen LogP) is 4.59. The summed E-state index contributed by atoms with van der Waals surface area (Å²) in [7, 11) is 0. The summed E-state index contributed by atoms with van der Waals surface area (Å²) in [5.74, 6) is 2.29. The highest BCUT2D eigenvalue weighted by atomic mass is 14.9. The molecule has 3 unspecified atom stereocenters. The Labute approximate surface area is 118 Å². The van der Waals surface area contributed by atoms with Crippen molar-refractivity contribution in [2.24, 2.45) is 11.8 Å². The Bertz CT molecular complexity index is 357. The molecular weight excluding hydrogens is 230 g/mol. The van der Waals surface area contributed by atoms with Gasteiger partial charge in [-0.15, -0.1) is 0 Å². The third-order valence-corrected chi connectivity index (χ3v) is 4.73. The van der Waals surface area contributed by atoms with Gasteiger partial charge in [0.25, 0.3) is 0 Å². The van der Waals surface area contributed by atoms with Crippen LogP contribution in [0.4, 0.5) is 0 Å². The molecule has 1 nitrogen and oxygen atoms in total. The molecule has 1 saturated carbocycles. The van der Waals surface area contributed by atoms with Gasteiger partial charge in [-0.05, 0) is 36.2 Å². The molecule has 0 aliphatic heterocycles. The summed E-state index contributed by atoms with van der Waals surface area (Å²) >= 11 is 0. The first-order valence-corrected chi connectivity index (χ1v) is 7.97. The van der Waals surface area contributed by atoms with Gasteiger partial charge in [0, 0.05) is 12.6 Å². The monoisotopic (exact) mass is 259 g/mol. The first kappa shape index (κ1) is 14.6. The molecule has 2 rings (SSSR count). The second-order valence-electron chi connectivity index (χ2n) is 6.52. The molecule has 0 saturated heterocycles. The third-order valence-electron chi connectivity index (χ3n) is 4.73. The van der Waals surface area contributed by atoms with E-state index in [0.717, 1.165) is 24.4 Å². The summed E-state index contributed by atoms with van der Waals surface area (Å²) < 4.78 is 0. The number of benzene rings is 1. The van der Waals surface area contributed by atoms with Gasteiger partial charge < -0.3 is 5.32 Å². The van der Waals surface area contributed by atoms with Crippen molar-refractivity contribution in [2.45, 2.75) is 58.4 Å². The van der Waals surface area contributed by atoms with Gasteiger partial charge in [0.2, 0.25) is 0 Å². The van der Waals surface area contributed by atoms with E-state index in [1.807, 2.05) is 0 Å². The van der Waals surface area contributed by atoms with Gasteiger partial charge in [0.05, 0.1) is 0 Å². The number of nitrogens with one attached hydrogen (secondary N) is 1. The highest BCUT2D eigenvalue weighted by Crippen LogP contribution is 2.30. The molecule has 1 aromatic rings. The fraction of sp³-hybridized carbons (Fsp3) is 0.667. The fourth-order valence-corrected chi connectivity index (χ4v) is 3.44. The molecule has 0 amide bonds. The number of rotatable bonds is 5. The lowest BCUT2D eigenvalue weighted by molar-refractivity contribution is 0.204. The Hall–Kier alpha value is -0.820. The van der Waals surface area contributed by atoms with Gasteiger partial charge in [-0.2, -0.15) is 0 Å². The summed E-state index contributed by atoms with van der Waals surface area (Å²) in [5.41, 5.74) is 1.45. The Kier molecular flexibility index (Phi) is 5.45. The van der Waals surface area contributed by atoms with Crippen molar-refractivity contribution in [1.82, 2.24) is 5.32 Å².